The fourth-order valence-electron chi connectivity index (χ4n) is 2.76. The standard InChI is InChI=1S/C23H27NO4/c1-5-17-11-12-20(21(13-17)26-16-18-9-7-6-8-10-18)27-19-14-24(15-19)22(25)28-23(2,3)4/h5-13,19H,1,14-16H2,2-4H3. The number of likely N-dealkylation sites (tertiary alicyclic amines) is 1. The molecule has 1 aliphatic heterocycles. The normalized spacial score (nSPS) is 14.2. The molecule has 3 rings (SSSR count). The van der Waals surface area contributed by atoms with E-state index in [4.69, 9.17) is 14.2 Å². The number of rotatable bonds is 6. The van der Waals surface area contributed by atoms with Crippen molar-refractivity contribution in [2.75, 3.05) is 13.1 Å². The van der Waals surface area contributed by atoms with Crippen LogP contribution in [0.15, 0.2) is 55.1 Å². The van der Waals surface area contributed by atoms with Crippen molar-refractivity contribution < 1.29 is 19.0 Å². The highest BCUT2D eigenvalue weighted by molar-refractivity contribution is 5.69. The summed E-state index contributed by atoms with van der Waals surface area (Å²) < 4.78 is 17.4. The van der Waals surface area contributed by atoms with Gasteiger partial charge in [-0.05, 0) is 44.0 Å². The molecule has 2 aromatic rings. The lowest BCUT2D eigenvalue weighted by molar-refractivity contribution is -0.0227. The second kappa shape index (κ2) is 8.38. The van der Waals surface area contributed by atoms with E-state index in [0.29, 0.717) is 31.2 Å². The zero-order valence-corrected chi connectivity index (χ0v) is 16.7. The number of carbonyl (C=O) groups is 1. The summed E-state index contributed by atoms with van der Waals surface area (Å²) in [6.07, 6.45) is 1.38. The number of ether oxygens (including phenoxy) is 3. The van der Waals surface area contributed by atoms with Crippen molar-refractivity contribution in [2.24, 2.45) is 0 Å². The largest absolute Gasteiger partial charge is 0.485 e. The van der Waals surface area contributed by atoms with E-state index in [0.717, 1.165) is 11.1 Å². The molecule has 0 atom stereocenters. The smallest absolute Gasteiger partial charge is 0.410 e. The van der Waals surface area contributed by atoms with Crippen LogP contribution in [0.3, 0.4) is 0 Å². The van der Waals surface area contributed by atoms with Gasteiger partial charge in [0.05, 0.1) is 13.1 Å². The van der Waals surface area contributed by atoms with Gasteiger partial charge in [-0.25, -0.2) is 4.79 Å². The van der Waals surface area contributed by atoms with E-state index < -0.39 is 5.60 Å². The van der Waals surface area contributed by atoms with Crippen molar-refractivity contribution in [3.63, 3.8) is 0 Å². The Kier molecular flexibility index (Phi) is 5.93. The Morgan fingerprint density at radius 1 is 1.14 bits per heavy atom. The first-order valence-corrected chi connectivity index (χ1v) is 9.42. The number of nitrogens with zero attached hydrogens (tertiary/aromatic N) is 1. The zero-order chi connectivity index (χ0) is 20.1. The fraction of sp³-hybridized carbons (Fsp3) is 0.348. The molecule has 0 bridgehead atoms. The molecule has 0 aromatic heterocycles. The minimum Gasteiger partial charge on any atom is -0.485 e. The van der Waals surface area contributed by atoms with Crippen molar-refractivity contribution >= 4 is 12.2 Å². The Bertz CT molecular complexity index is 820. The Labute approximate surface area is 166 Å². The summed E-state index contributed by atoms with van der Waals surface area (Å²) in [5.74, 6) is 1.33. The first-order valence-electron chi connectivity index (χ1n) is 9.42. The van der Waals surface area contributed by atoms with E-state index in [9.17, 15) is 4.79 Å². The Morgan fingerprint density at radius 3 is 2.50 bits per heavy atom. The van der Waals surface area contributed by atoms with E-state index in [1.807, 2.05) is 69.3 Å². The van der Waals surface area contributed by atoms with Crippen LogP contribution in [0, 0.1) is 0 Å². The van der Waals surface area contributed by atoms with Crippen molar-refractivity contribution in [3.8, 4) is 11.5 Å². The van der Waals surface area contributed by atoms with E-state index >= 15 is 0 Å². The lowest BCUT2D eigenvalue weighted by atomic mass is 10.1. The van der Waals surface area contributed by atoms with Gasteiger partial charge < -0.3 is 19.1 Å². The second-order valence-electron chi connectivity index (χ2n) is 7.81. The first-order chi connectivity index (χ1) is 13.3. The molecule has 1 aliphatic rings. The fourth-order valence-corrected chi connectivity index (χ4v) is 2.76. The van der Waals surface area contributed by atoms with Gasteiger partial charge >= 0.3 is 6.09 Å². The summed E-state index contributed by atoms with van der Waals surface area (Å²) >= 11 is 0. The molecule has 1 amide bonds. The monoisotopic (exact) mass is 381 g/mol. The van der Waals surface area contributed by atoms with Crippen LogP contribution in [-0.4, -0.2) is 35.8 Å². The number of carbonyl (C=O) groups excluding carboxylic acids is 1. The molecule has 2 aromatic carbocycles. The average molecular weight is 381 g/mol. The third-order valence-electron chi connectivity index (χ3n) is 4.23. The number of amides is 1. The van der Waals surface area contributed by atoms with Gasteiger partial charge in [-0.2, -0.15) is 0 Å². The van der Waals surface area contributed by atoms with E-state index in [1.54, 1.807) is 11.0 Å². The van der Waals surface area contributed by atoms with Gasteiger partial charge in [0, 0.05) is 0 Å². The average Bonchev–Trinajstić information content (AvgIpc) is 2.62. The van der Waals surface area contributed by atoms with Gasteiger partial charge in [0.1, 0.15) is 18.3 Å². The van der Waals surface area contributed by atoms with Crippen LogP contribution in [0.4, 0.5) is 4.79 Å². The molecule has 5 nitrogen and oxygen atoms in total. The molecule has 5 heteroatoms. The predicted molar refractivity (Wildman–Crippen MR) is 110 cm³/mol. The molecule has 0 aliphatic carbocycles. The van der Waals surface area contributed by atoms with Crippen molar-refractivity contribution in [3.05, 3.63) is 66.2 Å². The topological polar surface area (TPSA) is 48.0 Å². The third-order valence-corrected chi connectivity index (χ3v) is 4.23. The second-order valence-corrected chi connectivity index (χ2v) is 7.81. The van der Waals surface area contributed by atoms with Gasteiger partial charge in [0.2, 0.25) is 0 Å². The van der Waals surface area contributed by atoms with Crippen molar-refractivity contribution in [1.29, 1.82) is 0 Å². The Balaban J connectivity index is 1.61. The molecule has 0 saturated carbocycles. The maximum Gasteiger partial charge on any atom is 0.410 e. The quantitative estimate of drug-likeness (QED) is 0.714. The summed E-state index contributed by atoms with van der Waals surface area (Å²) in [5.41, 5.74) is 1.54. The summed E-state index contributed by atoms with van der Waals surface area (Å²) in [4.78, 5) is 13.7. The maximum atomic E-state index is 12.1. The first kappa shape index (κ1) is 19.8. The van der Waals surface area contributed by atoms with Crippen LogP contribution >= 0.6 is 0 Å². The predicted octanol–water partition coefficient (Wildman–Crippen LogP) is 4.91. The van der Waals surface area contributed by atoms with Crippen LogP contribution in [-0.2, 0) is 11.3 Å². The lowest BCUT2D eigenvalue weighted by Gasteiger charge is -2.39. The molecule has 148 valence electrons. The molecule has 0 spiro atoms. The molecular weight excluding hydrogens is 354 g/mol. The highest BCUT2D eigenvalue weighted by Crippen LogP contribution is 2.32. The maximum absolute atomic E-state index is 12.1. The van der Waals surface area contributed by atoms with Crippen LogP contribution in [0.2, 0.25) is 0 Å². The lowest BCUT2D eigenvalue weighted by Crippen LogP contribution is -2.57. The van der Waals surface area contributed by atoms with Gasteiger partial charge in [0.15, 0.2) is 11.5 Å². The molecule has 0 radical (unpaired) electrons. The molecule has 28 heavy (non-hydrogen) atoms. The third kappa shape index (κ3) is 5.28. The number of hydrogen-bond acceptors (Lipinski definition) is 4. The van der Waals surface area contributed by atoms with Gasteiger partial charge in [0.25, 0.3) is 0 Å². The minimum absolute atomic E-state index is 0.0822. The molecule has 1 heterocycles. The molecule has 1 fully saturated rings. The highest BCUT2D eigenvalue weighted by Gasteiger charge is 2.35. The highest BCUT2D eigenvalue weighted by atomic mass is 16.6. The number of benzene rings is 2. The number of hydrogen-bond donors (Lipinski definition) is 0. The van der Waals surface area contributed by atoms with Gasteiger partial charge in [-0.1, -0.05) is 49.1 Å². The summed E-state index contributed by atoms with van der Waals surface area (Å²) in [6, 6.07) is 15.7. The minimum atomic E-state index is -0.498. The van der Waals surface area contributed by atoms with E-state index in [2.05, 4.69) is 6.58 Å². The van der Waals surface area contributed by atoms with E-state index in [1.165, 1.54) is 0 Å². The van der Waals surface area contributed by atoms with Crippen LogP contribution in [0.5, 0.6) is 11.5 Å². The SMILES string of the molecule is C=Cc1ccc(OC2CN(C(=O)OC(C)(C)C)C2)c(OCc2ccccc2)c1. The van der Waals surface area contributed by atoms with Crippen LogP contribution in [0.25, 0.3) is 6.08 Å². The van der Waals surface area contributed by atoms with Crippen molar-refractivity contribution in [1.82, 2.24) is 4.90 Å². The molecule has 0 unspecified atom stereocenters. The zero-order valence-electron chi connectivity index (χ0n) is 16.7. The Morgan fingerprint density at radius 2 is 1.86 bits per heavy atom. The van der Waals surface area contributed by atoms with Crippen molar-refractivity contribution in [2.45, 2.75) is 39.1 Å². The molecule has 1 saturated heterocycles. The summed E-state index contributed by atoms with van der Waals surface area (Å²) in [5, 5.41) is 0. The molecule has 0 N–H and O–H groups in total. The van der Waals surface area contributed by atoms with Gasteiger partial charge in [-0.3, -0.25) is 0 Å². The Hall–Kier alpha value is -2.95. The molecular formula is C23H27NO4. The van der Waals surface area contributed by atoms with Crippen LogP contribution < -0.4 is 9.47 Å². The van der Waals surface area contributed by atoms with Gasteiger partial charge in [-0.15, -0.1) is 0 Å². The van der Waals surface area contributed by atoms with Crippen LogP contribution in [0.1, 0.15) is 31.9 Å². The summed E-state index contributed by atoms with van der Waals surface area (Å²) in [7, 11) is 0. The summed E-state index contributed by atoms with van der Waals surface area (Å²) in [6.45, 7) is 10.8. The van der Waals surface area contributed by atoms with E-state index in [-0.39, 0.29) is 12.2 Å².